The average molecular weight is 421 g/mol. The third-order valence-electron chi connectivity index (χ3n) is 3.49. The Morgan fingerprint density at radius 1 is 1.11 bits per heavy atom. The average Bonchev–Trinajstić information content (AvgIpc) is 2.60. The molecule has 2 rings (SSSR count). The number of hydrogen-bond donors (Lipinski definition) is 1. The molecule has 4 nitrogen and oxygen atoms in total. The number of alkyl halides is 5. The Bertz CT molecular complexity index is 797. The van der Waals surface area contributed by atoms with Crippen molar-refractivity contribution in [1.29, 1.82) is 0 Å². The fourth-order valence-corrected chi connectivity index (χ4v) is 2.83. The maximum atomic E-state index is 12.4. The largest absolute Gasteiger partial charge is 0.493 e. The maximum absolute atomic E-state index is 12.4. The van der Waals surface area contributed by atoms with Crippen molar-refractivity contribution in [3.05, 3.63) is 53.6 Å². The van der Waals surface area contributed by atoms with E-state index in [1.807, 2.05) is 0 Å². The van der Waals surface area contributed by atoms with Crippen LogP contribution in [0.1, 0.15) is 15.9 Å². The molecule has 10 heteroatoms. The summed E-state index contributed by atoms with van der Waals surface area (Å²) in [6.07, 6.45) is 0.331. The van der Waals surface area contributed by atoms with E-state index in [-0.39, 0.29) is 40.3 Å². The standard InChI is InChI=1S/C18H16F5NO3S/c1-26-14-7-2-11(10-15(14)27-17(19)20)8-9-24-16(25)12-3-5-13(6-4-12)28-18(21,22)23/h2-7,10,17H,8-9H2,1H3,(H,24,25). The second-order valence-electron chi connectivity index (χ2n) is 5.44. The van der Waals surface area contributed by atoms with Gasteiger partial charge in [-0.15, -0.1) is 0 Å². The van der Waals surface area contributed by atoms with Crippen molar-refractivity contribution in [3.8, 4) is 11.5 Å². The molecule has 0 spiro atoms. The molecule has 152 valence electrons. The molecule has 0 radical (unpaired) electrons. The first-order chi connectivity index (χ1) is 13.2. The third kappa shape index (κ3) is 6.91. The summed E-state index contributed by atoms with van der Waals surface area (Å²) in [6.45, 7) is -2.81. The number of hydrogen-bond acceptors (Lipinski definition) is 4. The van der Waals surface area contributed by atoms with Gasteiger partial charge in [-0.2, -0.15) is 22.0 Å². The summed E-state index contributed by atoms with van der Waals surface area (Å²) >= 11 is -0.262. The Kier molecular flexibility index (Phi) is 7.50. The zero-order chi connectivity index (χ0) is 20.7. The van der Waals surface area contributed by atoms with E-state index in [2.05, 4.69) is 10.1 Å². The quantitative estimate of drug-likeness (QED) is 0.488. The van der Waals surface area contributed by atoms with Gasteiger partial charge in [0.25, 0.3) is 5.91 Å². The number of nitrogens with one attached hydrogen (secondary N) is 1. The highest BCUT2D eigenvalue weighted by atomic mass is 32.2. The predicted octanol–water partition coefficient (Wildman–Crippen LogP) is 4.88. The number of halogens is 5. The summed E-state index contributed by atoms with van der Waals surface area (Å²) in [5.41, 5.74) is -3.55. The molecule has 0 unspecified atom stereocenters. The van der Waals surface area contributed by atoms with Gasteiger partial charge < -0.3 is 14.8 Å². The molecule has 0 aliphatic rings. The summed E-state index contributed by atoms with van der Waals surface area (Å²) in [6, 6.07) is 9.53. The summed E-state index contributed by atoms with van der Waals surface area (Å²) < 4.78 is 71.1. The van der Waals surface area contributed by atoms with Crippen LogP contribution < -0.4 is 14.8 Å². The van der Waals surface area contributed by atoms with Crippen LogP contribution >= 0.6 is 11.8 Å². The van der Waals surface area contributed by atoms with E-state index in [1.165, 1.54) is 43.5 Å². The van der Waals surface area contributed by atoms with Gasteiger partial charge >= 0.3 is 12.1 Å². The highest BCUT2D eigenvalue weighted by Crippen LogP contribution is 2.36. The third-order valence-corrected chi connectivity index (χ3v) is 4.23. The monoisotopic (exact) mass is 421 g/mol. The number of benzene rings is 2. The zero-order valence-corrected chi connectivity index (χ0v) is 15.4. The number of thioether (sulfide) groups is 1. The SMILES string of the molecule is COc1ccc(CCNC(=O)c2ccc(SC(F)(F)F)cc2)cc1OC(F)F. The van der Waals surface area contributed by atoms with Crippen molar-refractivity contribution in [2.24, 2.45) is 0 Å². The van der Waals surface area contributed by atoms with Crippen molar-refractivity contribution in [2.75, 3.05) is 13.7 Å². The molecule has 0 aromatic heterocycles. The molecule has 0 heterocycles. The fourth-order valence-electron chi connectivity index (χ4n) is 2.30. The van der Waals surface area contributed by atoms with Crippen LogP contribution in [-0.2, 0) is 6.42 Å². The molecule has 28 heavy (non-hydrogen) atoms. The normalized spacial score (nSPS) is 11.4. The molecule has 0 atom stereocenters. The van der Waals surface area contributed by atoms with Gasteiger partial charge in [-0.05, 0) is 60.1 Å². The predicted molar refractivity (Wildman–Crippen MR) is 94.0 cm³/mol. The van der Waals surface area contributed by atoms with Gasteiger partial charge in [0, 0.05) is 17.0 Å². The number of ether oxygens (including phenoxy) is 2. The number of methoxy groups -OCH3 is 1. The Hall–Kier alpha value is -2.49. The lowest BCUT2D eigenvalue weighted by atomic mass is 10.1. The molecule has 2 aromatic carbocycles. The maximum Gasteiger partial charge on any atom is 0.446 e. The lowest BCUT2D eigenvalue weighted by Crippen LogP contribution is -2.25. The van der Waals surface area contributed by atoms with Crippen molar-refractivity contribution >= 4 is 17.7 Å². The first-order valence-electron chi connectivity index (χ1n) is 7.93. The molecule has 0 saturated carbocycles. The van der Waals surface area contributed by atoms with Crippen LogP contribution in [-0.4, -0.2) is 31.7 Å². The molecule has 1 amide bonds. The molecule has 0 aliphatic heterocycles. The van der Waals surface area contributed by atoms with Crippen molar-refractivity contribution in [2.45, 2.75) is 23.4 Å². The van der Waals surface area contributed by atoms with E-state index in [9.17, 15) is 26.7 Å². The molecule has 0 fully saturated rings. The molecule has 0 aliphatic carbocycles. The van der Waals surface area contributed by atoms with Gasteiger partial charge in [0.05, 0.1) is 7.11 Å². The van der Waals surface area contributed by atoms with Crippen LogP contribution in [0.2, 0.25) is 0 Å². The minimum Gasteiger partial charge on any atom is -0.493 e. The van der Waals surface area contributed by atoms with Gasteiger partial charge in [0.15, 0.2) is 11.5 Å². The van der Waals surface area contributed by atoms with Crippen LogP contribution in [0.25, 0.3) is 0 Å². The van der Waals surface area contributed by atoms with Crippen molar-refractivity contribution in [1.82, 2.24) is 5.32 Å². The second kappa shape index (κ2) is 9.63. The second-order valence-corrected chi connectivity index (χ2v) is 6.58. The Morgan fingerprint density at radius 2 is 1.79 bits per heavy atom. The highest BCUT2D eigenvalue weighted by Gasteiger charge is 2.29. The van der Waals surface area contributed by atoms with Crippen LogP contribution in [0.4, 0.5) is 22.0 Å². The molecule has 2 aromatic rings. The van der Waals surface area contributed by atoms with E-state index in [4.69, 9.17) is 4.74 Å². The van der Waals surface area contributed by atoms with Crippen LogP contribution in [0, 0.1) is 0 Å². The number of rotatable bonds is 8. The van der Waals surface area contributed by atoms with Gasteiger partial charge in [0.2, 0.25) is 0 Å². The minimum absolute atomic E-state index is 0.0196. The fraction of sp³-hybridized carbons (Fsp3) is 0.278. The zero-order valence-electron chi connectivity index (χ0n) is 14.6. The molecule has 1 N–H and O–H groups in total. The van der Waals surface area contributed by atoms with Gasteiger partial charge in [-0.25, -0.2) is 0 Å². The van der Waals surface area contributed by atoms with Gasteiger partial charge in [-0.3, -0.25) is 4.79 Å². The number of amides is 1. The summed E-state index contributed by atoms with van der Waals surface area (Å²) in [4.78, 5) is 12.0. The van der Waals surface area contributed by atoms with E-state index in [0.29, 0.717) is 12.0 Å². The Labute approximate surface area is 162 Å². The lowest BCUT2D eigenvalue weighted by Gasteiger charge is -2.12. The van der Waals surface area contributed by atoms with Gasteiger partial charge in [0.1, 0.15) is 0 Å². The number of carbonyl (C=O) groups excluding carboxylic acids is 1. The molecule has 0 saturated heterocycles. The molecule has 0 bridgehead atoms. The summed E-state index contributed by atoms with van der Waals surface area (Å²) in [5.74, 6) is -0.412. The van der Waals surface area contributed by atoms with E-state index < -0.39 is 18.0 Å². The Morgan fingerprint density at radius 3 is 2.36 bits per heavy atom. The first-order valence-corrected chi connectivity index (χ1v) is 8.75. The van der Waals surface area contributed by atoms with Crippen molar-refractivity contribution in [3.63, 3.8) is 0 Å². The van der Waals surface area contributed by atoms with Crippen LogP contribution in [0.15, 0.2) is 47.4 Å². The van der Waals surface area contributed by atoms with Gasteiger partial charge in [-0.1, -0.05) is 6.07 Å². The van der Waals surface area contributed by atoms with Crippen LogP contribution in [0.5, 0.6) is 11.5 Å². The number of carbonyl (C=O) groups is 1. The van der Waals surface area contributed by atoms with Crippen LogP contribution in [0.3, 0.4) is 0 Å². The minimum atomic E-state index is -4.39. The molecular formula is C18H16F5NO3S. The Balaban J connectivity index is 1.91. The lowest BCUT2D eigenvalue weighted by molar-refractivity contribution is -0.0512. The van der Waals surface area contributed by atoms with E-state index in [0.717, 1.165) is 0 Å². The highest BCUT2D eigenvalue weighted by molar-refractivity contribution is 8.00. The smallest absolute Gasteiger partial charge is 0.446 e. The summed E-state index contributed by atoms with van der Waals surface area (Å²) in [5, 5.41) is 2.62. The topological polar surface area (TPSA) is 47.6 Å². The van der Waals surface area contributed by atoms with E-state index in [1.54, 1.807) is 6.07 Å². The summed E-state index contributed by atoms with van der Waals surface area (Å²) in [7, 11) is 1.33. The van der Waals surface area contributed by atoms with Crippen molar-refractivity contribution < 1.29 is 36.2 Å². The first kappa shape index (κ1) is 21.8. The molecular weight excluding hydrogens is 405 g/mol. The van der Waals surface area contributed by atoms with E-state index >= 15 is 0 Å².